The Morgan fingerprint density at radius 3 is 2.75 bits per heavy atom. The molecule has 0 spiro atoms. The van der Waals surface area contributed by atoms with Crippen molar-refractivity contribution in [3.05, 3.63) is 11.9 Å². The fourth-order valence-corrected chi connectivity index (χ4v) is 4.27. The predicted octanol–water partition coefficient (Wildman–Crippen LogP) is -0.541. The first kappa shape index (κ1) is 15.3. The maximum Gasteiger partial charge on any atom is 0.162 e. The summed E-state index contributed by atoms with van der Waals surface area (Å²) in [7, 11) is 2.16. The molecule has 7 nitrogen and oxygen atoms in total. The molecule has 0 amide bonds. The van der Waals surface area contributed by atoms with E-state index in [1.165, 1.54) is 13.3 Å². The number of ether oxygens (including phenoxy) is 1. The third-order valence-electron chi connectivity index (χ3n) is 3.51. The normalized spacial score (nSPS) is 25.2. The second-order valence-electron chi connectivity index (χ2n) is 5.46. The molecule has 0 aromatic carbocycles. The van der Waals surface area contributed by atoms with Gasteiger partial charge in [-0.05, 0) is 20.5 Å². The van der Waals surface area contributed by atoms with Gasteiger partial charge < -0.3 is 14.7 Å². The van der Waals surface area contributed by atoms with Gasteiger partial charge in [-0.1, -0.05) is 0 Å². The van der Waals surface area contributed by atoms with Gasteiger partial charge in [0.1, 0.15) is 11.3 Å². The average Bonchev–Trinajstić information content (AvgIpc) is 2.88. The number of nitrogens with zero attached hydrogens (tertiary/aromatic N) is 3. The molecule has 1 atom stereocenters. The Morgan fingerprint density at radius 1 is 1.55 bits per heavy atom. The molecule has 0 aliphatic carbocycles. The fourth-order valence-electron chi connectivity index (χ4n) is 2.47. The summed E-state index contributed by atoms with van der Waals surface area (Å²) >= 11 is 0. The molecule has 0 radical (unpaired) electrons. The zero-order chi connectivity index (χ0) is 15.0. The van der Waals surface area contributed by atoms with Crippen LogP contribution in [0.2, 0.25) is 0 Å². The van der Waals surface area contributed by atoms with Crippen molar-refractivity contribution in [1.29, 1.82) is 0 Å². The lowest BCUT2D eigenvalue weighted by Crippen LogP contribution is -2.32. The van der Waals surface area contributed by atoms with Crippen LogP contribution in [0.5, 0.6) is 5.75 Å². The number of methoxy groups -OCH3 is 1. The largest absolute Gasteiger partial charge is 0.493 e. The summed E-state index contributed by atoms with van der Waals surface area (Å²) in [5.41, 5.74) is -0.949. The summed E-state index contributed by atoms with van der Waals surface area (Å²) < 4.78 is 30.2. The third-order valence-corrected chi connectivity index (χ3v) is 5.25. The first-order chi connectivity index (χ1) is 9.27. The predicted molar refractivity (Wildman–Crippen MR) is 74.5 cm³/mol. The summed E-state index contributed by atoms with van der Waals surface area (Å²) in [6, 6.07) is 0. The van der Waals surface area contributed by atoms with Crippen molar-refractivity contribution in [2.75, 3.05) is 39.3 Å². The molecule has 1 aromatic heterocycles. The second kappa shape index (κ2) is 5.34. The van der Waals surface area contributed by atoms with Gasteiger partial charge in [-0.2, -0.15) is 5.10 Å². The standard InChI is InChI=1S/C12H21N3O4S/c1-14(2)5-6-15-11(10(19-3)8-13-15)12(16)4-7-20(17,18)9-12/h8,16H,4-7,9H2,1-3H3. The first-order valence-corrected chi connectivity index (χ1v) is 8.27. The van der Waals surface area contributed by atoms with Crippen LogP contribution in [-0.4, -0.2) is 67.5 Å². The molecule has 114 valence electrons. The zero-order valence-corrected chi connectivity index (χ0v) is 12.9. The molecule has 1 unspecified atom stereocenters. The van der Waals surface area contributed by atoms with E-state index in [9.17, 15) is 13.5 Å². The zero-order valence-electron chi connectivity index (χ0n) is 12.0. The smallest absolute Gasteiger partial charge is 0.162 e. The Balaban J connectivity index is 2.36. The lowest BCUT2D eigenvalue weighted by atomic mass is 9.98. The number of aliphatic hydroxyl groups is 1. The molecule has 1 aliphatic heterocycles. The van der Waals surface area contributed by atoms with Crippen molar-refractivity contribution >= 4 is 9.84 Å². The number of hydrogen-bond acceptors (Lipinski definition) is 6. The highest BCUT2D eigenvalue weighted by atomic mass is 32.2. The summed E-state index contributed by atoms with van der Waals surface area (Å²) in [5, 5.41) is 14.9. The lowest BCUT2D eigenvalue weighted by molar-refractivity contribution is 0.0522. The van der Waals surface area contributed by atoms with Gasteiger partial charge in [-0.3, -0.25) is 4.68 Å². The Bertz CT molecular complexity index is 582. The molecular weight excluding hydrogens is 282 g/mol. The van der Waals surface area contributed by atoms with E-state index in [4.69, 9.17) is 4.74 Å². The fraction of sp³-hybridized carbons (Fsp3) is 0.750. The van der Waals surface area contributed by atoms with E-state index in [2.05, 4.69) is 5.10 Å². The molecule has 0 bridgehead atoms. The molecule has 1 fully saturated rings. The number of hydrogen-bond donors (Lipinski definition) is 1. The van der Waals surface area contributed by atoms with Crippen LogP contribution in [0, 0.1) is 0 Å². The topological polar surface area (TPSA) is 84.7 Å². The van der Waals surface area contributed by atoms with E-state index in [0.29, 0.717) is 18.0 Å². The molecule has 2 rings (SSSR count). The number of rotatable bonds is 5. The summed E-state index contributed by atoms with van der Waals surface area (Å²) in [6.45, 7) is 1.30. The quantitative estimate of drug-likeness (QED) is 0.786. The van der Waals surface area contributed by atoms with Crippen LogP contribution in [-0.2, 0) is 22.0 Å². The molecule has 1 aliphatic rings. The van der Waals surface area contributed by atoms with Crippen molar-refractivity contribution in [1.82, 2.24) is 14.7 Å². The third kappa shape index (κ3) is 2.97. The van der Waals surface area contributed by atoms with Gasteiger partial charge >= 0.3 is 0 Å². The minimum absolute atomic E-state index is 0.00842. The highest BCUT2D eigenvalue weighted by molar-refractivity contribution is 7.91. The van der Waals surface area contributed by atoms with Gasteiger partial charge in [-0.15, -0.1) is 0 Å². The number of sulfone groups is 1. The molecular formula is C12H21N3O4S. The molecule has 1 saturated heterocycles. The van der Waals surface area contributed by atoms with Crippen LogP contribution in [0.25, 0.3) is 0 Å². The van der Waals surface area contributed by atoms with E-state index in [-0.39, 0.29) is 17.9 Å². The van der Waals surface area contributed by atoms with E-state index >= 15 is 0 Å². The highest BCUT2D eigenvalue weighted by Gasteiger charge is 2.46. The first-order valence-electron chi connectivity index (χ1n) is 6.45. The van der Waals surface area contributed by atoms with Crippen molar-refractivity contribution in [2.24, 2.45) is 0 Å². The summed E-state index contributed by atoms with van der Waals surface area (Å²) in [4.78, 5) is 1.99. The minimum atomic E-state index is -3.21. The second-order valence-corrected chi connectivity index (χ2v) is 7.65. The van der Waals surface area contributed by atoms with Crippen LogP contribution in [0.1, 0.15) is 12.1 Å². The van der Waals surface area contributed by atoms with Gasteiger partial charge in [0.25, 0.3) is 0 Å². The van der Waals surface area contributed by atoms with Crippen LogP contribution in [0.15, 0.2) is 6.20 Å². The van der Waals surface area contributed by atoms with Gasteiger partial charge in [-0.25, -0.2) is 8.42 Å². The van der Waals surface area contributed by atoms with E-state index < -0.39 is 15.4 Å². The monoisotopic (exact) mass is 303 g/mol. The molecule has 0 saturated carbocycles. The average molecular weight is 303 g/mol. The van der Waals surface area contributed by atoms with Gasteiger partial charge in [0.05, 0.1) is 31.4 Å². The van der Waals surface area contributed by atoms with Gasteiger partial charge in [0.15, 0.2) is 15.6 Å². The summed E-state index contributed by atoms with van der Waals surface area (Å²) in [5.74, 6) is 0.151. The summed E-state index contributed by atoms with van der Waals surface area (Å²) in [6.07, 6.45) is 1.70. The van der Waals surface area contributed by atoms with E-state index in [1.807, 2.05) is 19.0 Å². The Kier molecular flexibility index (Phi) is 4.08. The van der Waals surface area contributed by atoms with Gasteiger partial charge in [0, 0.05) is 6.54 Å². The van der Waals surface area contributed by atoms with Crippen molar-refractivity contribution in [2.45, 2.75) is 18.6 Å². The maximum atomic E-state index is 11.7. The highest BCUT2D eigenvalue weighted by Crippen LogP contribution is 2.38. The van der Waals surface area contributed by atoms with E-state index in [1.54, 1.807) is 4.68 Å². The van der Waals surface area contributed by atoms with Gasteiger partial charge in [0.2, 0.25) is 0 Å². The number of aromatic nitrogens is 2. The minimum Gasteiger partial charge on any atom is -0.493 e. The molecule has 1 aromatic rings. The van der Waals surface area contributed by atoms with Crippen LogP contribution in [0.3, 0.4) is 0 Å². The molecule has 8 heteroatoms. The van der Waals surface area contributed by atoms with Crippen molar-refractivity contribution < 1.29 is 18.3 Å². The van der Waals surface area contributed by atoms with Crippen LogP contribution >= 0.6 is 0 Å². The lowest BCUT2D eigenvalue weighted by Gasteiger charge is -2.24. The maximum absolute atomic E-state index is 11.7. The SMILES string of the molecule is COc1cnn(CCN(C)C)c1C1(O)CCS(=O)(=O)C1. The van der Waals surface area contributed by atoms with Crippen molar-refractivity contribution in [3.8, 4) is 5.75 Å². The van der Waals surface area contributed by atoms with Crippen LogP contribution in [0.4, 0.5) is 0 Å². The Hall–Kier alpha value is -1.12. The molecule has 1 N–H and O–H groups in total. The Morgan fingerprint density at radius 2 is 2.25 bits per heavy atom. The molecule has 2 heterocycles. The van der Waals surface area contributed by atoms with Crippen molar-refractivity contribution in [3.63, 3.8) is 0 Å². The number of likely N-dealkylation sites (N-methyl/N-ethyl adjacent to an activating group) is 1. The van der Waals surface area contributed by atoms with Crippen LogP contribution < -0.4 is 4.74 Å². The Labute approximate surface area is 119 Å². The van der Waals surface area contributed by atoms with E-state index in [0.717, 1.165) is 6.54 Å². The molecule has 20 heavy (non-hydrogen) atoms.